The molecule has 0 unspecified atom stereocenters. The van der Waals surface area contributed by atoms with Crippen molar-refractivity contribution in [3.63, 3.8) is 0 Å². The van der Waals surface area contributed by atoms with E-state index in [1.807, 2.05) is 6.92 Å². The van der Waals surface area contributed by atoms with Crippen LogP contribution in [0.1, 0.15) is 19.4 Å². The highest BCUT2D eigenvalue weighted by Gasteiger charge is 2.43. The van der Waals surface area contributed by atoms with E-state index < -0.39 is 61.3 Å². The Bertz CT molecular complexity index is 707. The van der Waals surface area contributed by atoms with E-state index in [9.17, 15) is 30.6 Å². The topological polar surface area (TPSA) is 164 Å². The highest BCUT2D eigenvalue weighted by Crippen LogP contribution is 2.28. The molecule has 10 heteroatoms. The minimum Gasteiger partial charge on any atom is -0.388 e. The lowest BCUT2D eigenvalue weighted by molar-refractivity contribution is -0.209. The number of aliphatic hydroxyl groups is 6. The second-order valence-corrected chi connectivity index (χ2v) is 7.79. The van der Waals surface area contributed by atoms with E-state index in [-0.39, 0.29) is 0 Å². The lowest BCUT2D eigenvalue weighted by Gasteiger charge is -2.40. The van der Waals surface area contributed by atoms with E-state index in [0.717, 1.165) is 5.56 Å². The number of benzene rings is 1. The third-order valence-electron chi connectivity index (χ3n) is 5.55. The van der Waals surface area contributed by atoms with Gasteiger partial charge in [-0.1, -0.05) is 6.07 Å². The molecule has 0 bridgehead atoms. The molecule has 0 aliphatic carbocycles. The molecular formula is C19H30N2O8. The smallest absolute Gasteiger partial charge is 0.157 e. The molecule has 2 saturated heterocycles. The van der Waals surface area contributed by atoms with E-state index in [1.165, 1.54) is 0 Å². The zero-order chi connectivity index (χ0) is 21.5. The van der Waals surface area contributed by atoms with Crippen LogP contribution in [0.25, 0.3) is 0 Å². The normalized spacial score (nSPS) is 43.1. The molecule has 10 atom stereocenters. The van der Waals surface area contributed by atoms with Crippen molar-refractivity contribution in [2.75, 3.05) is 10.6 Å². The van der Waals surface area contributed by atoms with Crippen molar-refractivity contribution >= 4 is 11.4 Å². The van der Waals surface area contributed by atoms with Crippen molar-refractivity contribution in [2.24, 2.45) is 0 Å². The molecule has 2 heterocycles. The lowest BCUT2D eigenvalue weighted by atomic mass is 9.98. The Morgan fingerprint density at radius 1 is 0.690 bits per heavy atom. The van der Waals surface area contributed by atoms with Gasteiger partial charge in [-0.3, -0.25) is 0 Å². The summed E-state index contributed by atoms with van der Waals surface area (Å²) in [5.74, 6) is 0. The van der Waals surface area contributed by atoms with E-state index in [1.54, 1.807) is 32.0 Å². The summed E-state index contributed by atoms with van der Waals surface area (Å²) in [6.07, 6.45) is -11.0. The van der Waals surface area contributed by atoms with Crippen LogP contribution in [-0.2, 0) is 9.47 Å². The predicted molar refractivity (Wildman–Crippen MR) is 103 cm³/mol. The van der Waals surface area contributed by atoms with Crippen molar-refractivity contribution in [1.29, 1.82) is 0 Å². The molecule has 0 radical (unpaired) electrons. The van der Waals surface area contributed by atoms with Crippen molar-refractivity contribution in [3.8, 4) is 0 Å². The van der Waals surface area contributed by atoms with Gasteiger partial charge in [-0.15, -0.1) is 0 Å². The SMILES string of the molecule is Cc1ccc(N[C@@H]2O[C@@H](C)[C@@H](O)[C@@H](O)[C@H]2O)cc1N[C@H]1O[C@@H](C)[C@@H](O)[C@@H](O)[C@H]1O. The van der Waals surface area contributed by atoms with Crippen molar-refractivity contribution in [3.05, 3.63) is 23.8 Å². The fraction of sp³-hybridized carbons (Fsp3) is 0.684. The van der Waals surface area contributed by atoms with Crippen LogP contribution in [0.5, 0.6) is 0 Å². The Morgan fingerprint density at radius 2 is 1.17 bits per heavy atom. The van der Waals surface area contributed by atoms with Gasteiger partial charge in [-0.2, -0.15) is 0 Å². The lowest BCUT2D eigenvalue weighted by Crippen LogP contribution is -2.59. The van der Waals surface area contributed by atoms with Crippen LogP contribution in [0.4, 0.5) is 11.4 Å². The number of hydrogen-bond acceptors (Lipinski definition) is 10. The first kappa shape index (κ1) is 22.2. The second-order valence-electron chi connectivity index (χ2n) is 7.79. The maximum absolute atomic E-state index is 10.2. The Kier molecular flexibility index (Phi) is 6.66. The number of ether oxygens (including phenoxy) is 2. The zero-order valence-electron chi connectivity index (χ0n) is 16.5. The molecule has 0 spiro atoms. The molecular weight excluding hydrogens is 384 g/mol. The first-order chi connectivity index (χ1) is 13.6. The summed E-state index contributed by atoms with van der Waals surface area (Å²) in [5, 5.41) is 65.9. The van der Waals surface area contributed by atoms with Crippen molar-refractivity contribution in [1.82, 2.24) is 0 Å². The van der Waals surface area contributed by atoms with Crippen LogP contribution in [0.3, 0.4) is 0 Å². The summed E-state index contributed by atoms with van der Waals surface area (Å²) in [6.45, 7) is 5.03. The molecule has 29 heavy (non-hydrogen) atoms. The molecule has 0 amide bonds. The van der Waals surface area contributed by atoms with Gasteiger partial charge in [0.05, 0.1) is 12.2 Å². The average molecular weight is 414 g/mol. The first-order valence-electron chi connectivity index (χ1n) is 9.63. The summed E-state index contributed by atoms with van der Waals surface area (Å²) in [4.78, 5) is 0. The second kappa shape index (κ2) is 8.70. The largest absolute Gasteiger partial charge is 0.388 e. The van der Waals surface area contributed by atoms with Crippen molar-refractivity contribution < 1.29 is 40.1 Å². The molecule has 10 nitrogen and oxygen atoms in total. The third kappa shape index (κ3) is 4.49. The Morgan fingerprint density at radius 3 is 1.69 bits per heavy atom. The number of anilines is 2. The summed E-state index contributed by atoms with van der Waals surface area (Å²) in [7, 11) is 0. The van der Waals surface area contributed by atoms with Crippen LogP contribution >= 0.6 is 0 Å². The first-order valence-corrected chi connectivity index (χ1v) is 9.63. The van der Waals surface area contributed by atoms with Gasteiger partial charge >= 0.3 is 0 Å². The van der Waals surface area contributed by atoms with E-state index in [4.69, 9.17) is 9.47 Å². The van der Waals surface area contributed by atoms with E-state index in [2.05, 4.69) is 10.6 Å². The molecule has 2 fully saturated rings. The fourth-order valence-electron chi connectivity index (χ4n) is 3.53. The van der Waals surface area contributed by atoms with Gasteiger partial charge in [-0.25, -0.2) is 0 Å². The van der Waals surface area contributed by atoms with Crippen LogP contribution in [0.15, 0.2) is 18.2 Å². The predicted octanol–water partition coefficient (Wildman–Crippen LogP) is -1.53. The van der Waals surface area contributed by atoms with Gasteiger partial charge < -0.3 is 50.7 Å². The monoisotopic (exact) mass is 414 g/mol. The molecule has 0 saturated carbocycles. The zero-order valence-corrected chi connectivity index (χ0v) is 16.5. The molecule has 2 aliphatic heterocycles. The Hall–Kier alpha value is -1.50. The van der Waals surface area contributed by atoms with Crippen LogP contribution in [0, 0.1) is 6.92 Å². The maximum atomic E-state index is 10.2. The Balaban J connectivity index is 1.73. The molecule has 8 N–H and O–H groups in total. The van der Waals surface area contributed by atoms with E-state index >= 15 is 0 Å². The summed E-state index contributed by atoms with van der Waals surface area (Å²) in [6, 6.07) is 5.24. The summed E-state index contributed by atoms with van der Waals surface area (Å²) >= 11 is 0. The van der Waals surface area contributed by atoms with Gasteiger partial charge in [0.1, 0.15) is 36.6 Å². The van der Waals surface area contributed by atoms with Crippen LogP contribution < -0.4 is 10.6 Å². The summed E-state index contributed by atoms with van der Waals surface area (Å²) in [5.41, 5.74) is 1.97. The van der Waals surface area contributed by atoms with Crippen molar-refractivity contribution in [2.45, 2.75) is 82.1 Å². The minimum absolute atomic E-state index is 0.553. The van der Waals surface area contributed by atoms with Gasteiger partial charge in [0.2, 0.25) is 0 Å². The standard InChI is InChI=1S/C19H30N2O8/c1-7-4-5-10(20-18-16(26)14(24)12(22)8(2)28-18)6-11(7)21-19-17(27)15(25)13(23)9(3)29-19/h4-6,8-9,12-27H,1-3H3/t8-,9-,12+,13+,14+,15+,16+,17+,18+,19-/m0/s1. The Labute approximate surface area is 168 Å². The minimum atomic E-state index is -1.35. The van der Waals surface area contributed by atoms with Gasteiger partial charge in [0.15, 0.2) is 12.5 Å². The molecule has 3 rings (SSSR count). The third-order valence-corrected chi connectivity index (χ3v) is 5.55. The highest BCUT2D eigenvalue weighted by molar-refractivity contribution is 5.61. The van der Waals surface area contributed by atoms with Crippen LogP contribution in [0.2, 0.25) is 0 Å². The molecule has 0 aromatic heterocycles. The number of aryl methyl sites for hydroxylation is 1. The fourth-order valence-corrected chi connectivity index (χ4v) is 3.53. The molecule has 1 aromatic carbocycles. The quantitative estimate of drug-likeness (QED) is 0.290. The van der Waals surface area contributed by atoms with Gasteiger partial charge in [0.25, 0.3) is 0 Å². The summed E-state index contributed by atoms with van der Waals surface area (Å²) < 4.78 is 11.1. The molecule has 1 aromatic rings. The highest BCUT2D eigenvalue weighted by atomic mass is 16.6. The number of rotatable bonds is 4. The van der Waals surface area contributed by atoms with Crippen LogP contribution in [-0.4, -0.2) is 91.9 Å². The number of hydrogen-bond donors (Lipinski definition) is 8. The van der Waals surface area contributed by atoms with Gasteiger partial charge in [-0.05, 0) is 38.5 Å². The number of aliphatic hydroxyl groups excluding tert-OH is 6. The number of nitrogens with one attached hydrogen (secondary N) is 2. The average Bonchev–Trinajstić information content (AvgIpc) is 2.69. The molecule has 2 aliphatic rings. The van der Waals surface area contributed by atoms with Gasteiger partial charge in [0, 0.05) is 11.4 Å². The van der Waals surface area contributed by atoms with E-state index in [0.29, 0.717) is 11.4 Å². The maximum Gasteiger partial charge on any atom is 0.157 e. The molecule has 164 valence electrons.